The summed E-state index contributed by atoms with van der Waals surface area (Å²) >= 11 is 1.23. The molecule has 1 aromatic heterocycles. The normalized spacial score (nSPS) is 28.4. The highest BCUT2D eigenvalue weighted by Gasteiger charge is 2.42. The van der Waals surface area contributed by atoms with Gasteiger partial charge in [-0.15, -0.1) is 18.3 Å². The van der Waals surface area contributed by atoms with Crippen LogP contribution >= 0.6 is 11.3 Å². The van der Waals surface area contributed by atoms with E-state index in [0.717, 1.165) is 5.01 Å². The second-order valence-corrected chi connectivity index (χ2v) is 5.25. The minimum absolute atomic E-state index is 0.176. The third-order valence-corrected chi connectivity index (χ3v) is 3.86. The predicted molar refractivity (Wildman–Crippen MR) is 71.6 cm³/mol. The zero-order valence-electron chi connectivity index (χ0n) is 10.0. The van der Waals surface area contributed by atoms with Crippen molar-refractivity contribution in [2.75, 3.05) is 19.8 Å². The first-order valence-electron chi connectivity index (χ1n) is 5.64. The molecule has 0 radical (unpaired) electrons. The first kappa shape index (κ1) is 13.3. The molecule has 1 aromatic rings. The summed E-state index contributed by atoms with van der Waals surface area (Å²) in [6.45, 7) is 8.33. The Morgan fingerprint density at radius 2 is 2.28 bits per heavy atom. The van der Waals surface area contributed by atoms with Crippen molar-refractivity contribution < 1.29 is 5.11 Å². The predicted octanol–water partition coefficient (Wildman–Crippen LogP) is 0.849. The van der Waals surface area contributed by atoms with Crippen LogP contribution in [-0.2, 0) is 6.42 Å². The topological polar surface area (TPSA) is 72.3 Å². The SMILES string of the molecule is C=CCc1nnc([N+]2([O-])CN(CC=C)CC2O)s1. The van der Waals surface area contributed by atoms with Crippen molar-refractivity contribution in [2.45, 2.75) is 12.6 Å². The number of β-amino-alcohol motifs (C(OH)–C–C–N with tert-alkyl or cyclic N) is 1. The van der Waals surface area contributed by atoms with Gasteiger partial charge in [0.1, 0.15) is 11.7 Å². The molecule has 1 aliphatic rings. The van der Waals surface area contributed by atoms with Gasteiger partial charge in [0.05, 0.1) is 6.54 Å². The van der Waals surface area contributed by atoms with Crippen molar-refractivity contribution >= 4 is 16.5 Å². The largest absolute Gasteiger partial charge is 0.623 e. The van der Waals surface area contributed by atoms with Crippen molar-refractivity contribution in [3.63, 3.8) is 0 Å². The number of hydrogen-bond acceptors (Lipinski definition) is 6. The van der Waals surface area contributed by atoms with Crippen LogP contribution in [0.5, 0.6) is 0 Å². The van der Waals surface area contributed by atoms with Gasteiger partial charge < -0.3 is 10.3 Å². The molecule has 0 aliphatic carbocycles. The lowest BCUT2D eigenvalue weighted by Crippen LogP contribution is -2.48. The average molecular weight is 268 g/mol. The standard InChI is InChI=1S/C11H16N4O2S/c1-3-5-9-12-13-11(18-9)15(17)8-14(6-4-2)7-10(15)16/h3-4,10,16H,1-2,5-8H2. The second-order valence-electron chi connectivity index (χ2n) is 4.21. The third-order valence-electron chi connectivity index (χ3n) is 2.80. The van der Waals surface area contributed by atoms with Crippen LogP contribution in [0.15, 0.2) is 25.3 Å². The highest BCUT2D eigenvalue weighted by Crippen LogP contribution is 2.32. The summed E-state index contributed by atoms with van der Waals surface area (Å²) in [6.07, 6.45) is 2.99. The first-order chi connectivity index (χ1) is 8.60. The molecule has 1 saturated heterocycles. The van der Waals surface area contributed by atoms with Gasteiger partial charge >= 0.3 is 5.13 Å². The Morgan fingerprint density at radius 1 is 1.50 bits per heavy atom. The molecule has 2 heterocycles. The lowest BCUT2D eigenvalue weighted by molar-refractivity contribution is 0.0844. The van der Waals surface area contributed by atoms with E-state index in [4.69, 9.17) is 0 Å². The molecule has 0 bridgehead atoms. The quantitative estimate of drug-likeness (QED) is 0.487. The molecule has 2 atom stereocenters. The van der Waals surface area contributed by atoms with Crippen LogP contribution in [0.25, 0.3) is 0 Å². The number of aliphatic hydroxyl groups excluding tert-OH is 1. The monoisotopic (exact) mass is 268 g/mol. The summed E-state index contributed by atoms with van der Waals surface area (Å²) in [5, 5.41) is 31.4. The molecule has 2 rings (SSSR count). The molecule has 18 heavy (non-hydrogen) atoms. The van der Waals surface area contributed by atoms with E-state index in [1.165, 1.54) is 11.3 Å². The average Bonchev–Trinajstić information content (AvgIpc) is 2.88. The van der Waals surface area contributed by atoms with Gasteiger partial charge in [0.2, 0.25) is 6.23 Å². The van der Waals surface area contributed by atoms with Crippen LogP contribution in [0.1, 0.15) is 5.01 Å². The van der Waals surface area contributed by atoms with E-state index in [1.807, 2.05) is 4.90 Å². The Morgan fingerprint density at radius 3 is 2.94 bits per heavy atom. The molecular formula is C11H16N4O2S. The lowest BCUT2D eigenvalue weighted by Gasteiger charge is -2.36. The maximum absolute atomic E-state index is 12.6. The number of quaternary nitrogens is 1. The fraction of sp³-hybridized carbons (Fsp3) is 0.455. The van der Waals surface area contributed by atoms with Gasteiger partial charge in [-0.1, -0.05) is 17.3 Å². The van der Waals surface area contributed by atoms with Crippen molar-refractivity contribution in [1.29, 1.82) is 0 Å². The van der Waals surface area contributed by atoms with Gasteiger partial charge in [-0.05, 0) is 11.3 Å². The Kier molecular flexibility index (Phi) is 3.88. The molecule has 1 aliphatic heterocycles. The molecule has 7 heteroatoms. The van der Waals surface area contributed by atoms with E-state index < -0.39 is 10.9 Å². The Hall–Kier alpha value is -1.12. The fourth-order valence-corrected chi connectivity index (χ4v) is 2.83. The molecule has 98 valence electrons. The van der Waals surface area contributed by atoms with Crippen molar-refractivity contribution in [3.8, 4) is 0 Å². The van der Waals surface area contributed by atoms with Crippen LogP contribution in [0.3, 0.4) is 0 Å². The molecule has 0 aromatic carbocycles. The first-order valence-corrected chi connectivity index (χ1v) is 6.45. The zero-order valence-corrected chi connectivity index (χ0v) is 10.8. The van der Waals surface area contributed by atoms with Crippen LogP contribution in [0, 0.1) is 5.21 Å². The van der Waals surface area contributed by atoms with Gasteiger partial charge in [0, 0.05) is 13.0 Å². The van der Waals surface area contributed by atoms with E-state index >= 15 is 0 Å². The number of hydroxylamine groups is 2. The molecule has 0 saturated carbocycles. The maximum Gasteiger partial charge on any atom is 0.309 e. The second kappa shape index (κ2) is 5.25. The number of aliphatic hydroxyl groups is 1. The summed E-state index contributed by atoms with van der Waals surface area (Å²) in [6, 6.07) is 0. The summed E-state index contributed by atoms with van der Waals surface area (Å²) in [4.78, 5) is 1.85. The molecule has 6 nitrogen and oxygen atoms in total. The van der Waals surface area contributed by atoms with Crippen LogP contribution in [0.2, 0.25) is 0 Å². The van der Waals surface area contributed by atoms with Gasteiger partial charge in [-0.3, -0.25) is 4.65 Å². The minimum Gasteiger partial charge on any atom is -0.623 e. The summed E-state index contributed by atoms with van der Waals surface area (Å²) < 4.78 is -0.845. The summed E-state index contributed by atoms with van der Waals surface area (Å²) in [5.41, 5.74) is 0. The molecule has 0 amide bonds. The molecule has 0 spiro atoms. The minimum atomic E-state index is -1.02. The van der Waals surface area contributed by atoms with Gasteiger partial charge in [0.25, 0.3) is 0 Å². The maximum atomic E-state index is 12.6. The van der Waals surface area contributed by atoms with Gasteiger partial charge in [-0.25, -0.2) is 4.90 Å². The van der Waals surface area contributed by atoms with E-state index in [0.29, 0.717) is 24.6 Å². The number of hydrogen-bond donors (Lipinski definition) is 1. The Balaban J connectivity index is 2.19. The van der Waals surface area contributed by atoms with Crippen LogP contribution in [0.4, 0.5) is 5.13 Å². The molecule has 2 unspecified atom stereocenters. The number of rotatable bonds is 5. The summed E-state index contributed by atoms with van der Waals surface area (Å²) in [5.74, 6) is 0. The van der Waals surface area contributed by atoms with Crippen LogP contribution < -0.4 is 4.65 Å². The highest BCUT2D eigenvalue weighted by molar-refractivity contribution is 7.15. The van der Waals surface area contributed by atoms with Gasteiger partial charge in [-0.2, -0.15) is 0 Å². The fourth-order valence-electron chi connectivity index (χ4n) is 1.92. The van der Waals surface area contributed by atoms with E-state index in [-0.39, 0.29) is 6.67 Å². The zero-order chi connectivity index (χ0) is 13.2. The van der Waals surface area contributed by atoms with Crippen molar-refractivity contribution in [3.05, 3.63) is 35.5 Å². The van der Waals surface area contributed by atoms with Gasteiger partial charge in [0.15, 0.2) is 0 Å². The van der Waals surface area contributed by atoms with Crippen LogP contribution in [-0.4, -0.2) is 46.2 Å². The Labute approximate surface area is 110 Å². The highest BCUT2D eigenvalue weighted by atomic mass is 32.1. The van der Waals surface area contributed by atoms with E-state index in [1.54, 1.807) is 12.2 Å². The van der Waals surface area contributed by atoms with Crippen molar-refractivity contribution in [1.82, 2.24) is 19.7 Å². The van der Waals surface area contributed by atoms with E-state index in [9.17, 15) is 10.3 Å². The molecular weight excluding hydrogens is 252 g/mol. The molecule has 1 N–H and O–H groups in total. The lowest BCUT2D eigenvalue weighted by atomic mass is 10.5. The third kappa shape index (κ3) is 2.36. The number of aromatic nitrogens is 2. The van der Waals surface area contributed by atoms with Crippen molar-refractivity contribution in [2.24, 2.45) is 0 Å². The van der Waals surface area contributed by atoms with E-state index in [2.05, 4.69) is 23.4 Å². The number of nitrogens with zero attached hydrogens (tertiary/aromatic N) is 4. The summed E-state index contributed by atoms with van der Waals surface area (Å²) in [7, 11) is 0. The molecule has 1 fully saturated rings. The smallest absolute Gasteiger partial charge is 0.309 e. The number of allylic oxidation sites excluding steroid dienone is 1. The Bertz CT molecular complexity index is 450.